The summed E-state index contributed by atoms with van der Waals surface area (Å²) in [5.41, 5.74) is 3.36. The quantitative estimate of drug-likeness (QED) is 0.496. The average molecular weight is 405 g/mol. The third-order valence-electron chi connectivity index (χ3n) is 6.84. The number of carbonyl (C=O) groups is 1. The maximum atomic E-state index is 14.6. The van der Waals surface area contributed by atoms with Gasteiger partial charge in [0, 0.05) is 12.1 Å². The van der Waals surface area contributed by atoms with Crippen LogP contribution in [-0.4, -0.2) is 11.0 Å². The first-order chi connectivity index (χ1) is 14.5. The third kappa shape index (κ3) is 2.06. The normalized spacial score (nSPS) is 20.5. The largest absolute Gasteiger partial charge is 0.538 e. The van der Waals surface area contributed by atoms with Crippen LogP contribution in [0, 0.1) is 5.82 Å². The molecule has 4 heterocycles. The average Bonchev–Trinajstić information content (AvgIpc) is 3.08. The Balaban J connectivity index is 2.01. The van der Waals surface area contributed by atoms with E-state index in [1.165, 1.54) is 6.07 Å². The molecule has 1 aromatic carbocycles. The zero-order chi connectivity index (χ0) is 21.1. The minimum absolute atomic E-state index is 0.298. The van der Waals surface area contributed by atoms with Crippen molar-refractivity contribution in [3.8, 4) is 11.3 Å². The summed E-state index contributed by atoms with van der Waals surface area (Å²) in [4.78, 5) is 17.7. The molecule has 30 heavy (non-hydrogen) atoms. The second kappa shape index (κ2) is 6.42. The lowest BCUT2D eigenvalue weighted by Crippen LogP contribution is -2.82. The van der Waals surface area contributed by atoms with Crippen LogP contribution in [0.5, 0.6) is 0 Å². The molecule has 152 valence electrons. The van der Waals surface area contributed by atoms with Crippen molar-refractivity contribution in [2.75, 3.05) is 0 Å². The van der Waals surface area contributed by atoms with Crippen LogP contribution >= 0.6 is 0 Å². The Kier molecular flexibility index (Phi) is 4.04. The molecular weight excluding hydrogens is 381 g/mol. The summed E-state index contributed by atoms with van der Waals surface area (Å²) in [6, 6.07) is 10.4. The molecule has 0 radical (unpaired) electrons. The molecule has 6 heteroatoms. The second-order valence-corrected chi connectivity index (χ2v) is 7.88. The zero-order valence-corrected chi connectivity index (χ0v) is 17.4. The number of halogens is 1. The number of aromatic nitrogens is 3. The highest BCUT2D eigenvalue weighted by molar-refractivity contribution is 5.87. The molecular formula is C24H24FN3O2+2. The van der Waals surface area contributed by atoms with Gasteiger partial charge in [-0.1, -0.05) is 29.9 Å². The summed E-state index contributed by atoms with van der Waals surface area (Å²) < 4.78 is 24.9. The fraction of sp³-hybridized carbons (Fsp3) is 0.333. The second-order valence-electron chi connectivity index (χ2n) is 7.88. The summed E-state index contributed by atoms with van der Waals surface area (Å²) in [5.74, 6) is -1.85. The van der Waals surface area contributed by atoms with E-state index in [-0.39, 0.29) is 11.8 Å². The van der Waals surface area contributed by atoms with Gasteiger partial charge in [0.25, 0.3) is 0 Å². The van der Waals surface area contributed by atoms with E-state index in [1.54, 1.807) is 18.3 Å². The first-order valence-electron chi connectivity index (χ1n) is 10.5. The highest BCUT2D eigenvalue weighted by atomic mass is 19.1. The van der Waals surface area contributed by atoms with Crippen molar-refractivity contribution in [3.05, 3.63) is 77.8 Å². The molecule has 5 rings (SSSR count). The Morgan fingerprint density at radius 2 is 1.87 bits per heavy atom. The van der Waals surface area contributed by atoms with Crippen LogP contribution in [0.15, 0.2) is 55.0 Å². The fourth-order valence-electron chi connectivity index (χ4n) is 5.48. The molecule has 3 aromatic rings. The summed E-state index contributed by atoms with van der Waals surface area (Å²) in [6.45, 7) is 6.19. The molecule has 1 unspecified atom stereocenters. The van der Waals surface area contributed by atoms with E-state index in [4.69, 9.17) is 4.74 Å². The zero-order valence-electron chi connectivity index (χ0n) is 17.4. The van der Waals surface area contributed by atoms with Gasteiger partial charge in [0.2, 0.25) is 5.69 Å². The Bertz CT molecular complexity index is 1190. The van der Waals surface area contributed by atoms with Crippen LogP contribution < -0.4 is 9.13 Å². The number of aryl methyl sites for hydroxylation is 1. The molecule has 0 bridgehead atoms. The van der Waals surface area contributed by atoms with Gasteiger partial charge in [-0.3, -0.25) is 0 Å². The standard InChI is InChI=1S/C24H24FN3O2/c1-4-19-21-17-11-10-16(25)15-18(17)23(5-2,6-3)24(28(21)14-12-26-19)27-13-8-7-9-20(27)22(29)30-24/h7-15H,4-6H2,1-3H3/q+2. The van der Waals surface area contributed by atoms with Gasteiger partial charge < -0.3 is 4.74 Å². The van der Waals surface area contributed by atoms with Crippen molar-refractivity contribution < 1.29 is 23.1 Å². The van der Waals surface area contributed by atoms with Crippen molar-refractivity contribution in [1.82, 2.24) is 4.98 Å². The first-order valence-corrected chi connectivity index (χ1v) is 10.5. The molecule has 1 atom stereocenters. The number of carbonyl (C=O) groups excluding carboxylic acids is 1. The van der Waals surface area contributed by atoms with Crippen LogP contribution in [0.2, 0.25) is 0 Å². The maximum Gasteiger partial charge on any atom is 0.538 e. The molecule has 0 aliphatic carbocycles. The van der Waals surface area contributed by atoms with E-state index in [1.807, 2.05) is 46.7 Å². The molecule has 0 saturated carbocycles. The smallest absolute Gasteiger partial charge is 0.334 e. The van der Waals surface area contributed by atoms with Crippen LogP contribution in [0.25, 0.3) is 11.3 Å². The van der Waals surface area contributed by atoms with E-state index in [0.717, 1.165) is 22.5 Å². The summed E-state index contributed by atoms with van der Waals surface area (Å²) in [6.07, 6.45) is 7.53. The van der Waals surface area contributed by atoms with E-state index < -0.39 is 11.3 Å². The molecule has 2 aliphatic rings. The summed E-state index contributed by atoms with van der Waals surface area (Å²) in [5, 5.41) is 0. The summed E-state index contributed by atoms with van der Waals surface area (Å²) in [7, 11) is 0. The number of ether oxygens (including phenoxy) is 1. The first kappa shape index (κ1) is 18.9. The Morgan fingerprint density at radius 1 is 1.07 bits per heavy atom. The van der Waals surface area contributed by atoms with E-state index in [0.29, 0.717) is 25.0 Å². The lowest BCUT2D eigenvalue weighted by molar-refractivity contribution is -1.03. The van der Waals surface area contributed by atoms with Gasteiger partial charge in [0.15, 0.2) is 17.8 Å². The SMILES string of the molecule is CCc1ncc[n+]2c1-c1ccc(F)cc1C(CC)(CC)C21OC(=O)c2cccc[n+]21. The van der Waals surface area contributed by atoms with E-state index in [2.05, 4.69) is 18.8 Å². The van der Waals surface area contributed by atoms with Crippen molar-refractivity contribution >= 4 is 5.97 Å². The van der Waals surface area contributed by atoms with Crippen LogP contribution in [-0.2, 0) is 22.4 Å². The van der Waals surface area contributed by atoms with Gasteiger partial charge in [-0.2, -0.15) is 0 Å². The van der Waals surface area contributed by atoms with Gasteiger partial charge in [0.1, 0.15) is 11.5 Å². The molecule has 0 fully saturated rings. The van der Waals surface area contributed by atoms with Gasteiger partial charge in [0.05, 0.1) is 11.8 Å². The minimum atomic E-state index is -1.17. The third-order valence-corrected chi connectivity index (χ3v) is 6.84. The molecule has 1 spiro atoms. The van der Waals surface area contributed by atoms with Gasteiger partial charge >= 0.3 is 17.5 Å². The monoisotopic (exact) mass is 405 g/mol. The number of hydrogen-bond acceptors (Lipinski definition) is 3. The van der Waals surface area contributed by atoms with Crippen LogP contribution in [0.1, 0.15) is 55.4 Å². The Hall–Kier alpha value is -3.15. The number of esters is 1. The van der Waals surface area contributed by atoms with Crippen LogP contribution in [0.3, 0.4) is 0 Å². The van der Waals surface area contributed by atoms with Crippen molar-refractivity contribution in [2.45, 2.75) is 51.3 Å². The fourth-order valence-corrected chi connectivity index (χ4v) is 5.48. The van der Waals surface area contributed by atoms with Gasteiger partial charge in [-0.15, -0.1) is 0 Å². The number of pyridine rings is 1. The summed E-state index contributed by atoms with van der Waals surface area (Å²) >= 11 is 0. The van der Waals surface area contributed by atoms with Crippen LogP contribution in [0.4, 0.5) is 4.39 Å². The lowest BCUT2D eigenvalue weighted by atomic mass is 9.66. The molecule has 0 saturated heterocycles. The number of hydrogen-bond donors (Lipinski definition) is 0. The number of fused-ring (bicyclic) bond motifs is 6. The molecule has 2 aliphatic heterocycles. The lowest BCUT2D eigenvalue weighted by Gasteiger charge is -2.40. The predicted octanol–water partition coefficient (Wildman–Crippen LogP) is 3.43. The maximum absolute atomic E-state index is 14.6. The van der Waals surface area contributed by atoms with Crippen molar-refractivity contribution in [1.29, 1.82) is 0 Å². The number of nitrogens with zero attached hydrogens (tertiary/aromatic N) is 3. The van der Waals surface area contributed by atoms with Crippen molar-refractivity contribution in [2.24, 2.45) is 0 Å². The van der Waals surface area contributed by atoms with Crippen molar-refractivity contribution in [3.63, 3.8) is 0 Å². The van der Waals surface area contributed by atoms with Gasteiger partial charge in [-0.25, -0.2) is 14.2 Å². The predicted molar refractivity (Wildman–Crippen MR) is 107 cm³/mol. The Morgan fingerprint density at radius 3 is 2.60 bits per heavy atom. The van der Waals surface area contributed by atoms with E-state index >= 15 is 0 Å². The topological polar surface area (TPSA) is 47.0 Å². The van der Waals surface area contributed by atoms with E-state index in [9.17, 15) is 9.18 Å². The minimum Gasteiger partial charge on any atom is -0.334 e. The molecule has 0 N–H and O–H groups in total. The molecule has 0 amide bonds. The Labute approximate surface area is 174 Å². The van der Waals surface area contributed by atoms with Gasteiger partial charge in [-0.05, 0) is 49.1 Å². The highest BCUT2D eigenvalue weighted by Crippen LogP contribution is 2.51. The molecule has 2 aromatic heterocycles. The number of benzene rings is 1. The highest BCUT2D eigenvalue weighted by Gasteiger charge is 2.78. The molecule has 5 nitrogen and oxygen atoms in total. The number of rotatable bonds is 3.